The fraction of sp³-hybridized carbons (Fsp3) is 0.385. The number of aryl methyl sites for hydroxylation is 1. The predicted octanol–water partition coefficient (Wildman–Crippen LogP) is 0.422. The molecule has 0 fully saturated rings. The summed E-state index contributed by atoms with van der Waals surface area (Å²) in [7, 11) is 1.59. The Morgan fingerprint density at radius 3 is 2.68 bits per heavy atom. The van der Waals surface area contributed by atoms with Gasteiger partial charge in [0.05, 0.1) is 19.6 Å². The van der Waals surface area contributed by atoms with Crippen LogP contribution in [0.1, 0.15) is 17.5 Å². The van der Waals surface area contributed by atoms with Gasteiger partial charge in [0.25, 0.3) is 0 Å². The largest absolute Gasteiger partial charge is 0.496 e. The maximum Gasteiger partial charge on any atom is 0.305 e. The van der Waals surface area contributed by atoms with Gasteiger partial charge in [0.15, 0.2) is 0 Å². The standard InChI is InChI=1S/C13H18N2O4/c1-8-5-9(3-4-11(8)19-2)7-15-13(18)10(14)6-12(16)17/h3-5,10H,6-7,14H2,1-2H3,(H,15,18)(H,16,17). The number of benzene rings is 1. The van der Waals surface area contributed by atoms with Crippen LogP contribution in [-0.4, -0.2) is 30.1 Å². The van der Waals surface area contributed by atoms with Crippen LogP contribution in [0.25, 0.3) is 0 Å². The molecule has 0 spiro atoms. The van der Waals surface area contributed by atoms with E-state index in [4.69, 9.17) is 15.6 Å². The van der Waals surface area contributed by atoms with E-state index in [1.54, 1.807) is 7.11 Å². The van der Waals surface area contributed by atoms with Crippen molar-refractivity contribution in [3.8, 4) is 5.75 Å². The first-order valence-electron chi connectivity index (χ1n) is 5.82. The van der Waals surface area contributed by atoms with Crippen molar-refractivity contribution < 1.29 is 19.4 Å². The van der Waals surface area contributed by atoms with Crippen molar-refractivity contribution in [2.24, 2.45) is 5.73 Å². The Morgan fingerprint density at radius 1 is 1.47 bits per heavy atom. The molecule has 6 nitrogen and oxygen atoms in total. The Hall–Kier alpha value is -2.08. The van der Waals surface area contributed by atoms with Crippen molar-refractivity contribution in [1.29, 1.82) is 0 Å². The van der Waals surface area contributed by atoms with E-state index >= 15 is 0 Å². The summed E-state index contributed by atoms with van der Waals surface area (Å²) in [5, 5.41) is 11.1. The molecule has 0 bridgehead atoms. The van der Waals surface area contributed by atoms with E-state index in [1.807, 2.05) is 25.1 Å². The molecule has 1 amide bonds. The number of carbonyl (C=O) groups is 2. The summed E-state index contributed by atoms with van der Waals surface area (Å²) in [6.07, 6.45) is -0.381. The Kier molecular flexibility index (Phi) is 5.32. The molecule has 0 saturated heterocycles. The van der Waals surface area contributed by atoms with E-state index in [9.17, 15) is 9.59 Å². The number of amides is 1. The molecule has 19 heavy (non-hydrogen) atoms. The third kappa shape index (κ3) is 4.59. The molecule has 0 heterocycles. The van der Waals surface area contributed by atoms with Crippen LogP contribution in [0.4, 0.5) is 0 Å². The van der Waals surface area contributed by atoms with E-state index < -0.39 is 17.9 Å². The highest BCUT2D eigenvalue weighted by Crippen LogP contribution is 2.18. The van der Waals surface area contributed by atoms with Crippen LogP contribution >= 0.6 is 0 Å². The molecule has 6 heteroatoms. The molecule has 0 aliphatic carbocycles. The number of carbonyl (C=O) groups excluding carboxylic acids is 1. The van der Waals surface area contributed by atoms with Crippen LogP contribution in [0.2, 0.25) is 0 Å². The van der Waals surface area contributed by atoms with Gasteiger partial charge in [-0.25, -0.2) is 0 Å². The second kappa shape index (κ2) is 6.75. The number of methoxy groups -OCH3 is 1. The number of aliphatic carboxylic acids is 1. The van der Waals surface area contributed by atoms with Gasteiger partial charge in [0.2, 0.25) is 5.91 Å². The van der Waals surface area contributed by atoms with Crippen molar-refractivity contribution >= 4 is 11.9 Å². The van der Waals surface area contributed by atoms with Crippen molar-refractivity contribution in [1.82, 2.24) is 5.32 Å². The molecule has 0 aromatic heterocycles. The summed E-state index contributed by atoms with van der Waals surface area (Å²) in [6.45, 7) is 2.21. The third-order valence-corrected chi connectivity index (χ3v) is 2.66. The summed E-state index contributed by atoms with van der Waals surface area (Å²) in [5.74, 6) is -0.795. The molecule has 0 aliphatic heterocycles. The number of nitrogens with two attached hydrogens (primary N) is 1. The summed E-state index contributed by atoms with van der Waals surface area (Å²) >= 11 is 0. The number of carboxylic acids is 1. The maximum absolute atomic E-state index is 11.5. The first-order chi connectivity index (χ1) is 8.93. The van der Waals surface area contributed by atoms with Gasteiger partial charge in [0, 0.05) is 6.54 Å². The van der Waals surface area contributed by atoms with Crippen LogP contribution in [0, 0.1) is 6.92 Å². The van der Waals surface area contributed by atoms with Crippen LogP contribution in [0.5, 0.6) is 5.75 Å². The van der Waals surface area contributed by atoms with Gasteiger partial charge in [-0.3, -0.25) is 9.59 Å². The summed E-state index contributed by atoms with van der Waals surface area (Å²) < 4.78 is 5.13. The zero-order valence-corrected chi connectivity index (χ0v) is 11.0. The molecule has 1 unspecified atom stereocenters. The quantitative estimate of drug-likeness (QED) is 0.692. The molecule has 0 aliphatic rings. The highest BCUT2D eigenvalue weighted by atomic mass is 16.5. The van der Waals surface area contributed by atoms with Crippen molar-refractivity contribution in [2.45, 2.75) is 25.9 Å². The van der Waals surface area contributed by atoms with E-state index in [0.717, 1.165) is 16.9 Å². The predicted molar refractivity (Wildman–Crippen MR) is 69.8 cm³/mol. The molecule has 0 saturated carbocycles. The highest BCUT2D eigenvalue weighted by molar-refractivity contribution is 5.85. The van der Waals surface area contributed by atoms with Gasteiger partial charge in [-0.2, -0.15) is 0 Å². The number of hydrogen-bond acceptors (Lipinski definition) is 4. The van der Waals surface area contributed by atoms with Crippen LogP contribution in [-0.2, 0) is 16.1 Å². The average Bonchev–Trinajstić information content (AvgIpc) is 2.35. The molecule has 0 radical (unpaired) electrons. The van der Waals surface area contributed by atoms with Crippen molar-refractivity contribution in [2.75, 3.05) is 7.11 Å². The number of carboxylic acid groups (broad SMARTS) is 1. The lowest BCUT2D eigenvalue weighted by molar-refractivity contribution is -0.139. The SMILES string of the molecule is COc1ccc(CNC(=O)C(N)CC(=O)O)cc1C. The Bertz CT molecular complexity index is 474. The maximum atomic E-state index is 11.5. The molecule has 104 valence electrons. The minimum Gasteiger partial charge on any atom is -0.496 e. The fourth-order valence-electron chi connectivity index (χ4n) is 1.65. The van der Waals surface area contributed by atoms with Crippen molar-refractivity contribution in [3.05, 3.63) is 29.3 Å². The molecular weight excluding hydrogens is 248 g/mol. The smallest absolute Gasteiger partial charge is 0.305 e. The Balaban J connectivity index is 2.55. The third-order valence-electron chi connectivity index (χ3n) is 2.66. The van der Waals surface area contributed by atoms with E-state index in [0.29, 0.717) is 6.54 Å². The molecule has 1 rings (SSSR count). The van der Waals surface area contributed by atoms with Gasteiger partial charge in [-0.1, -0.05) is 12.1 Å². The second-order valence-electron chi connectivity index (χ2n) is 4.23. The molecule has 1 atom stereocenters. The lowest BCUT2D eigenvalue weighted by Gasteiger charge is -2.11. The number of hydrogen-bond donors (Lipinski definition) is 3. The van der Waals surface area contributed by atoms with E-state index in [1.165, 1.54) is 0 Å². The van der Waals surface area contributed by atoms with Gasteiger partial charge < -0.3 is 20.9 Å². The molecule has 4 N–H and O–H groups in total. The monoisotopic (exact) mass is 266 g/mol. The zero-order valence-electron chi connectivity index (χ0n) is 11.0. The fourth-order valence-corrected chi connectivity index (χ4v) is 1.65. The minimum absolute atomic E-state index is 0.303. The molecular formula is C13H18N2O4. The number of nitrogens with one attached hydrogen (secondary N) is 1. The summed E-state index contributed by atoms with van der Waals surface area (Å²) in [4.78, 5) is 22.0. The van der Waals surface area contributed by atoms with Gasteiger partial charge >= 0.3 is 5.97 Å². The minimum atomic E-state index is -1.09. The average molecular weight is 266 g/mol. The van der Waals surface area contributed by atoms with Crippen LogP contribution in [0.15, 0.2) is 18.2 Å². The zero-order chi connectivity index (χ0) is 14.4. The van der Waals surface area contributed by atoms with E-state index in [-0.39, 0.29) is 6.42 Å². The van der Waals surface area contributed by atoms with Crippen molar-refractivity contribution in [3.63, 3.8) is 0 Å². The van der Waals surface area contributed by atoms with Gasteiger partial charge in [0.1, 0.15) is 5.75 Å². The van der Waals surface area contributed by atoms with Gasteiger partial charge in [-0.15, -0.1) is 0 Å². The lowest BCUT2D eigenvalue weighted by Crippen LogP contribution is -2.41. The van der Waals surface area contributed by atoms with Crippen LogP contribution in [0.3, 0.4) is 0 Å². The topological polar surface area (TPSA) is 102 Å². The Morgan fingerprint density at radius 2 is 2.16 bits per heavy atom. The first kappa shape index (κ1) is 15.0. The van der Waals surface area contributed by atoms with E-state index in [2.05, 4.69) is 5.32 Å². The number of ether oxygens (including phenoxy) is 1. The van der Waals surface area contributed by atoms with Gasteiger partial charge in [-0.05, 0) is 24.1 Å². The first-order valence-corrected chi connectivity index (χ1v) is 5.82. The lowest BCUT2D eigenvalue weighted by atomic mass is 10.1. The second-order valence-corrected chi connectivity index (χ2v) is 4.23. The van der Waals surface area contributed by atoms with Crippen LogP contribution < -0.4 is 15.8 Å². The molecule has 1 aromatic carbocycles. The summed E-state index contributed by atoms with van der Waals surface area (Å²) in [5.41, 5.74) is 7.30. The molecule has 1 aromatic rings. The number of rotatable bonds is 6. The summed E-state index contributed by atoms with van der Waals surface area (Å²) in [6, 6.07) is 4.50. The normalized spacial score (nSPS) is 11.7. The highest BCUT2D eigenvalue weighted by Gasteiger charge is 2.16. The Labute approximate surface area is 111 Å².